The van der Waals surface area contributed by atoms with E-state index in [2.05, 4.69) is 11.0 Å². The highest BCUT2D eigenvalue weighted by atomic mass is 35.5. The highest BCUT2D eigenvalue weighted by Gasteiger charge is 2.39. The van der Waals surface area contributed by atoms with Crippen LogP contribution >= 0.6 is 23.4 Å². The number of nitriles is 1. The molecule has 2 aromatic carbocycles. The number of thioether (sulfide) groups is 1. The Bertz CT molecular complexity index is 1110. The molecule has 1 saturated heterocycles. The third-order valence-corrected chi connectivity index (χ3v) is 6.95. The number of hydrogen-bond acceptors (Lipinski definition) is 7. The Hall–Kier alpha value is -3.02. The summed E-state index contributed by atoms with van der Waals surface area (Å²) in [5.41, 5.74) is 2.27. The van der Waals surface area contributed by atoms with Gasteiger partial charge in [0.25, 0.3) is 0 Å². The van der Waals surface area contributed by atoms with E-state index in [4.69, 9.17) is 25.8 Å². The van der Waals surface area contributed by atoms with Crippen molar-refractivity contribution in [2.45, 2.75) is 12.3 Å². The highest BCUT2D eigenvalue weighted by molar-refractivity contribution is 8.03. The molecule has 0 aliphatic carbocycles. The largest absolute Gasteiger partial charge is 0.493 e. The molecule has 1 amide bonds. The molecule has 0 N–H and O–H groups in total. The van der Waals surface area contributed by atoms with Gasteiger partial charge in [0.2, 0.25) is 11.7 Å². The quantitative estimate of drug-likeness (QED) is 0.631. The normalized spacial score (nSPS) is 18.2. The molecule has 4 rings (SSSR count). The molecule has 7 nitrogen and oxygen atoms in total. The van der Waals surface area contributed by atoms with E-state index in [1.54, 1.807) is 31.3 Å². The van der Waals surface area contributed by atoms with Crippen molar-refractivity contribution in [3.05, 3.63) is 57.6 Å². The van der Waals surface area contributed by atoms with Gasteiger partial charge in [-0.15, -0.1) is 0 Å². The molecule has 1 fully saturated rings. The van der Waals surface area contributed by atoms with E-state index < -0.39 is 5.92 Å². The first kappa shape index (κ1) is 22.2. The number of nitrogens with zero attached hydrogens (tertiary/aromatic N) is 3. The SMILES string of the molecule is COc1cc([C@@H]2CC(=O)N3CN(c4cccc(Cl)c4)CSC3=C2C#N)cc(OC)c1OC. The lowest BCUT2D eigenvalue weighted by Crippen LogP contribution is -2.47. The number of ether oxygens (including phenoxy) is 3. The van der Waals surface area contributed by atoms with Gasteiger partial charge in [-0.25, -0.2) is 0 Å². The number of hydrogen-bond donors (Lipinski definition) is 0. The van der Waals surface area contributed by atoms with E-state index in [0.717, 1.165) is 11.3 Å². The van der Waals surface area contributed by atoms with E-state index in [1.807, 2.05) is 24.3 Å². The first-order chi connectivity index (χ1) is 15.5. The maximum atomic E-state index is 13.2. The molecule has 2 heterocycles. The molecule has 1 atom stereocenters. The summed E-state index contributed by atoms with van der Waals surface area (Å²) in [5.74, 6) is 1.62. The van der Waals surface area contributed by atoms with Crippen LogP contribution in [-0.4, -0.2) is 44.7 Å². The monoisotopic (exact) mass is 471 g/mol. The highest BCUT2D eigenvalue weighted by Crippen LogP contribution is 2.47. The summed E-state index contributed by atoms with van der Waals surface area (Å²) in [4.78, 5) is 16.9. The van der Waals surface area contributed by atoms with Crippen molar-refractivity contribution in [1.82, 2.24) is 4.90 Å². The van der Waals surface area contributed by atoms with Crippen LogP contribution in [0.5, 0.6) is 17.2 Å². The van der Waals surface area contributed by atoms with Gasteiger partial charge >= 0.3 is 0 Å². The Morgan fingerprint density at radius 1 is 1.12 bits per heavy atom. The molecule has 0 saturated carbocycles. The van der Waals surface area contributed by atoms with Gasteiger partial charge in [-0.05, 0) is 35.9 Å². The topological polar surface area (TPSA) is 75.0 Å². The van der Waals surface area contributed by atoms with Gasteiger partial charge in [0, 0.05) is 23.0 Å². The Kier molecular flexibility index (Phi) is 6.40. The summed E-state index contributed by atoms with van der Waals surface area (Å²) >= 11 is 7.61. The molecule has 2 aliphatic rings. The molecular weight excluding hydrogens is 450 g/mol. The zero-order valence-electron chi connectivity index (χ0n) is 17.9. The molecule has 2 aromatic rings. The fraction of sp³-hybridized carbons (Fsp3) is 0.304. The van der Waals surface area contributed by atoms with Crippen molar-refractivity contribution in [3.8, 4) is 23.3 Å². The lowest BCUT2D eigenvalue weighted by molar-refractivity contribution is -0.129. The van der Waals surface area contributed by atoms with Gasteiger partial charge in [0.1, 0.15) is 0 Å². The number of carbonyl (C=O) groups is 1. The van der Waals surface area contributed by atoms with Crippen molar-refractivity contribution in [3.63, 3.8) is 0 Å². The van der Waals surface area contributed by atoms with Crippen LogP contribution in [0.4, 0.5) is 5.69 Å². The summed E-state index contributed by atoms with van der Waals surface area (Å²) in [6.45, 7) is 0.370. The summed E-state index contributed by atoms with van der Waals surface area (Å²) in [5, 5.41) is 11.4. The number of fused-ring (bicyclic) bond motifs is 1. The standard InChI is InChI=1S/C23H22ClN3O4S/c1-29-19-7-14(8-20(30-2)22(19)31-3)17-10-21(28)27-12-26(13-32-23(27)18(17)11-25)16-6-4-5-15(24)9-16/h4-9,17H,10,12-13H2,1-3H3/t17-/m0/s1. The van der Waals surface area contributed by atoms with Crippen LogP contribution in [-0.2, 0) is 4.79 Å². The minimum Gasteiger partial charge on any atom is -0.493 e. The Morgan fingerprint density at radius 3 is 2.44 bits per heavy atom. The first-order valence-corrected chi connectivity index (χ1v) is 11.2. The number of rotatable bonds is 5. The number of carbonyl (C=O) groups excluding carboxylic acids is 1. The van der Waals surface area contributed by atoms with E-state index in [1.165, 1.54) is 18.9 Å². The Morgan fingerprint density at radius 2 is 1.84 bits per heavy atom. The van der Waals surface area contributed by atoms with Crippen LogP contribution in [0.3, 0.4) is 0 Å². The second kappa shape index (κ2) is 9.23. The Labute approximate surface area is 196 Å². The molecule has 9 heteroatoms. The number of halogens is 1. The van der Waals surface area contributed by atoms with Crippen LogP contribution in [0.15, 0.2) is 47.0 Å². The summed E-state index contributed by atoms with van der Waals surface area (Å²) < 4.78 is 16.3. The molecule has 2 aliphatic heterocycles. The molecular formula is C23H22ClN3O4S. The third-order valence-electron chi connectivity index (χ3n) is 5.56. The third kappa shape index (κ3) is 3.94. The van der Waals surface area contributed by atoms with Crippen molar-refractivity contribution in [1.29, 1.82) is 5.26 Å². The zero-order chi connectivity index (χ0) is 22.8. The van der Waals surface area contributed by atoms with Gasteiger partial charge in [0.05, 0.1) is 50.5 Å². The summed E-state index contributed by atoms with van der Waals surface area (Å²) in [6.07, 6.45) is 0.176. The van der Waals surface area contributed by atoms with E-state index in [-0.39, 0.29) is 12.3 Å². The van der Waals surface area contributed by atoms with Crippen LogP contribution in [0.1, 0.15) is 17.9 Å². The van der Waals surface area contributed by atoms with Crippen molar-refractivity contribution in [2.75, 3.05) is 38.8 Å². The van der Waals surface area contributed by atoms with Gasteiger partial charge in [-0.2, -0.15) is 5.26 Å². The maximum absolute atomic E-state index is 13.2. The predicted octanol–water partition coefficient (Wildman–Crippen LogP) is 4.59. The smallest absolute Gasteiger partial charge is 0.229 e. The lowest BCUT2D eigenvalue weighted by Gasteiger charge is -2.42. The van der Waals surface area contributed by atoms with E-state index in [9.17, 15) is 10.1 Å². The number of methoxy groups -OCH3 is 3. The summed E-state index contributed by atoms with van der Waals surface area (Å²) in [6, 6.07) is 13.5. The second-order valence-corrected chi connectivity index (χ2v) is 8.67. The van der Waals surface area contributed by atoms with Crippen molar-refractivity contribution >= 4 is 35.0 Å². The zero-order valence-corrected chi connectivity index (χ0v) is 19.5. The molecule has 0 aromatic heterocycles. The van der Waals surface area contributed by atoms with Gasteiger partial charge in [0.15, 0.2) is 11.5 Å². The molecule has 0 radical (unpaired) electrons. The van der Waals surface area contributed by atoms with Crippen LogP contribution < -0.4 is 19.1 Å². The first-order valence-electron chi connectivity index (χ1n) is 9.88. The number of amides is 1. The molecule has 0 unspecified atom stereocenters. The number of allylic oxidation sites excluding steroid dienone is 1. The average Bonchev–Trinajstić information content (AvgIpc) is 2.82. The van der Waals surface area contributed by atoms with Crippen molar-refractivity contribution < 1.29 is 19.0 Å². The van der Waals surface area contributed by atoms with Crippen LogP contribution in [0.25, 0.3) is 0 Å². The molecule has 166 valence electrons. The van der Waals surface area contributed by atoms with Crippen molar-refractivity contribution in [2.24, 2.45) is 0 Å². The summed E-state index contributed by atoms with van der Waals surface area (Å²) in [7, 11) is 4.62. The number of anilines is 1. The van der Waals surface area contributed by atoms with E-state index in [0.29, 0.717) is 45.4 Å². The van der Waals surface area contributed by atoms with Crippen LogP contribution in [0.2, 0.25) is 5.02 Å². The maximum Gasteiger partial charge on any atom is 0.229 e. The fourth-order valence-electron chi connectivity index (χ4n) is 3.99. The molecule has 32 heavy (non-hydrogen) atoms. The van der Waals surface area contributed by atoms with Gasteiger partial charge in [-0.3, -0.25) is 9.69 Å². The van der Waals surface area contributed by atoms with E-state index >= 15 is 0 Å². The van der Waals surface area contributed by atoms with Gasteiger partial charge in [-0.1, -0.05) is 29.4 Å². The number of benzene rings is 2. The van der Waals surface area contributed by atoms with Gasteiger partial charge < -0.3 is 19.1 Å². The minimum atomic E-state index is -0.391. The molecule has 0 spiro atoms. The Balaban J connectivity index is 1.71. The molecule has 0 bridgehead atoms. The predicted molar refractivity (Wildman–Crippen MR) is 124 cm³/mol. The second-order valence-electron chi connectivity index (χ2n) is 7.30. The minimum absolute atomic E-state index is 0.0445. The average molecular weight is 472 g/mol. The fourth-order valence-corrected chi connectivity index (χ4v) is 5.34. The van der Waals surface area contributed by atoms with Crippen LogP contribution in [0, 0.1) is 11.3 Å². The lowest BCUT2D eigenvalue weighted by atomic mass is 9.86.